The van der Waals surface area contributed by atoms with E-state index in [0.29, 0.717) is 0 Å². The maximum Gasteiger partial charge on any atom is 0.252 e. The molecule has 0 fully saturated rings. The Balaban J connectivity index is 2.29. The molecule has 28 heavy (non-hydrogen) atoms. The zero-order valence-electron chi connectivity index (χ0n) is 15.4. The first kappa shape index (κ1) is 21.5. The third-order valence-electron chi connectivity index (χ3n) is 3.96. The highest BCUT2D eigenvalue weighted by atomic mass is 32.2. The molecule has 2 amide bonds. The van der Waals surface area contributed by atoms with Crippen LogP contribution >= 0.6 is 0 Å². The Hall–Kier alpha value is -2.85. The number of carbonyl (C=O) groups is 2. The van der Waals surface area contributed by atoms with Crippen LogP contribution in [-0.2, 0) is 14.8 Å². The number of likely N-dealkylation sites (N-methyl/N-ethyl adjacent to an activating group) is 1. The molecule has 0 spiro atoms. The molecule has 0 aliphatic heterocycles. The predicted molar refractivity (Wildman–Crippen MR) is 97.9 cm³/mol. The normalized spacial score (nSPS) is 12.5. The molecule has 0 aliphatic rings. The summed E-state index contributed by atoms with van der Waals surface area (Å²) in [5.41, 5.74) is 0.146. The van der Waals surface area contributed by atoms with Gasteiger partial charge in [-0.25, -0.2) is 21.5 Å². The topological polar surface area (TPSA) is 95.6 Å². The van der Waals surface area contributed by atoms with Crippen molar-refractivity contribution >= 4 is 21.8 Å². The fraction of sp³-hybridized carbons (Fsp3) is 0.222. The van der Waals surface area contributed by atoms with E-state index >= 15 is 0 Å². The standard InChI is InChI=1S/C18H19F2N3O4S/c1-21-18(25)16(12-6-9-14(19)15(20)10-12)22-17(24)11-4-7-13(8-5-11)28(26,27)23(2)3/h4-10,16H,1-3H3,(H,21,25)(H,22,24). The van der Waals surface area contributed by atoms with Gasteiger partial charge in [0.05, 0.1) is 4.90 Å². The van der Waals surface area contributed by atoms with Gasteiger partial charge in [-0.2, -0.15) is 0 Å². The van der Waals surface area contributed by atoms with E-state index in [1.807, 2.05) is 0 Å². The second-order valence-electron chi connectivity index (χ2n) is 6.01. The van der Waals surface area contributed by atoms with Crippen molar-refractivity contribution in [3.05, 3.63) is 65.2 Å². The minimum absolute atomic E-state index is 0.00231. The predicted octanol–water partition coefficient (Wildman–Crippen LogP) is 1.43. The molecule has 10 heteroatoms. The number of halogens is 2. The molecule has 0 bridgehead atoms. The van der Waals surface area contributed by atoms with E-state index in [2.05, 4.69) is 10.6 Å². The molecule has 150 valence electrons. The number of nitrogens with zero attached hydrogens (tertiary/aromatic N) is 1. The van der Waals surface area contributed by atoms with Gasteiger partial charge < -0.3 is 10.6 Å². The SMILES string of the molecule is CNC(=O)C(NC(=O)c1ccc(S(=O)(=O)N(C)C)cc1)c1ccc(F)c(F)c1. The van der Waals surface area contributed by atoms with Crippen LogP contribution < -0.4 is 10.6 Å². The lowest BCUT2D eigenvalue weighted by Gasteiger charge is -2.18. The summed E-state index contributed by atoms with van der Waals surface area (Å²) < 4.78 is 51.8. The Morgan fingerprint density at radius 3 is 2.11 bits per heavy atom. The number of benzene rings is 2. The van der Waals surface area contributed by atoms with Crippen molar-refractivity contribution in [1.82, 2.24) is 14.9 Å². The van der Waals surface area contributed by atoms with Gasteiger partial charge in [-0.15, -0.1) is 0 Å². The van der Waals surface area contributed by atoms with Crippen LogP contribution in [0, 0.1) is 11.6 Å². The van der Waals surface area contributed by atoms with E-state index in [-0.39, 0.29) is 16.0 Å². The highest BCUT2D eigenvalue weighted by Gasteiger charge is 2.24. The Morgan fingerprint density at radius 2 is 1.61 bits per heavy atom. The summed E-state index contributed by atoms with van der Waals surface area (Å²) in [6, 6.07) is 6.70. The number of amides is 2. The Bertz CT molecular complexity index is 992. The summed E-state index contributed by atoms with van der Waals surface area (Å²) in [6.07, 6.45) is 0. The summed E-state index contributed by atoms with van der Waals surface area (Å²) in [6.45, 7) is 0. The molecule has 2 aromatic carbocycles. The van der Waals surface area contributed by atoms with Crippen molar-refractivity contribution in [2.75, 3.05) is 21.1 Å². The smallest absolute Gasteiger partial charge is 0.252 e. The quantitative estimate of drug-likeness (QED) is 0.752. The lowest BCUT2D eigenvalue weighted by Crippen LogP contribution is -2.39. The highest BCUT2D eigenvalue weighted by molar-refractivity contribution is 7.89. The molecule has 0 radical (unpaired) electrons. The maximum atomic E-state index is 13.5. The largest absolute Gasteiger partial charge is 0.357 e. The first-order valence-electron chi connectivity index (χ1n) is 8.08. The molecular formula is C18H19F2N3O4S. The zero-order valence-corrected chi connectivity index (χ0v) is 16.2. The third-order valence-corrected chi connectivity index (χ3v) is 5.79. The van der Waals surface area contributed by atoms with Crippen molar-refractivity contribution in [3.63, 3.8) is 0 Å². The molecule has 0 saturated heterocycles. The molecule has 1 unspecified atom stereocenters. The number of sulfonamides is 1. The van der Waals surface area contributed by atoms with Crippen LogP contribution in [0.25, 0.3) is 0 Å². The van der Waals surface area contributed by atoms with Crippen molar-refractivity contribution in [1.29, 1.82) is 0 Å². The van der Waals surface area contributed by atoms with Gasteiger partial charge in [-0.05, 0) is 42.0 Å². The second-order valence-corrected chi connectivity index (χ2v) is 8.16. The van der Waals surface area contributed by atoms with Crippen LogP contribution in [0.15, 0.2) is 47.4 Å². The molecule has 0 aromatic heterocycles. The molecular weight excluding hydrogens is 392 g/mol. The van der Waals surface area contributed by atoms with Crippen LogP contribution in [0.2, 0.25) is 0 Å². The Morgan fingerprint density at radius 1 is 1.00 bits per heavy atom. The average Bonchev–Trinajstić information content (AvgIpc) is 2.67. The first-order chi connectivity index (χ1) is 13.1. The molecule has 1 atom stereocenters. The van der Waals surface area contributed by atoms with Crippen LogP contribution in [0.3, 0.4) is 0 Å². The van der Waals surface area contributed by atoms with Crippen molar-refractivity contribution in [2.45, 2.75) is 10.9 Å². The number of hydrogen-bond donors (Lipinski definition) is 2. The van der Waals surface area contributed by atoms with Crippen molar-refractivity contribution in [2.24, 2.45) is 0 Å². The van der Waals surface area contributed by atoms with E-state index < -0.39 is 39.5 Å². The number of hydrogen-bond acceptors (Lipinski definition) is 4. The number of carbonyl (C=O) groups excluding carboxylic acids is 2. The van der Waals surface area contributed by atoms with E-state index in [0.717, 1.165) is 16.4 Å². The minimum Gasteiger partial charge on any atom is -0.357 e. The van der Waals surface area contributed by atoms with E-state index in [1.54, 1.807) is 0 Å². The second kappa shape index (κ2) is 8.44. The monoisotopic (exact) mass is 411 g/mol. The summed E-state index contributed by atoms with van der Waals surface area (Å²) in [5, 5.41) is 4.77. The van der Waals surface area contributed by atoms with Gasteiger partial charge >= 0.3 is 0 Å². The summed E-state index contributed by atoms with van der Waals surface area (Å²) in [4.78, 5) is 24.6. The number of rotatable bonds is 6. The van der Waals surface area contributed by atoms with Crippen molar-refractivity contribution in [3.8, 4) is 0 Å². The molecule has 0 heterocycles. The fourth-order valence-corrected chi connectivity index (χ4v) is 3.24. The van der Waals surface area contributed by atoms with Gasteiger partial charge in [0, 0.05) is 26.7 Å². The molecule has 0 saturated carbocycles. The summed E-state index contributed by atoms with van der Waals surface area (Å²) >= 11 is 0. The number of nitrogens with one attached hydrogen (secondary N) is 2. The Labute approximate surface area is 161 Å². The molecule has 2 rings (SSSR count). The lowest BCUT2D eigenvalue weighted by atomic mass is 10.0. The van der Waals surface area contributed by atoms with E-state index in [9.17, 15) is 26.8 Å². The van der Waals surface area contributed by atoms with Crippen LogP contribution in [0.5, 0.6) is 0 Å². The van der Waals surface area contributed by atoms with Crippen LogP contribution in [0.1, 0.15) is 22.0 Å². The van der Waals surface area contributed by atoms with Gasteiger partial charge in [-0.1, -0.05) is 6.07 Å². The Kier molecular flexibility index (Phi) is 6.47. The van der Waals surface area contributed by atoms with Crippen molar-refractivity contribution < 1.29 is 26.8 Å². The summed E-state index contributed by atoms with van der Waals surface area (Å²) in [7, 11) is 0.446. The first-order valence-corrected chi connectivity index (χ1v) is 9.52. The van der Waals surface area contributed by atoms with Crippen LogP contribution in [0.4, 0.5) is 8.78 Å². The van der Waals surface area contributed by atoms with Gasteiger partial charge in [0.1, 0.15) is 6.04 Å². The van der Waals surface area contributed by atoms with Gasteiger partial charge in [-0.3, -0.25) is 9.59 Å². The van der Waals surface area contributed by atoms with Gasteiger partial charge in [0.2, 0.25) is 15.9 Å². The maximum absolute atomic E-state index is 13.5. The fourth-order valence-electron chi connectivity index (χ4n) is 2.34. The van der Waals surface area contributed by atoms with E-state index in [4.69, 9.17) is 0 Å². The summed E-state index contributed by atoms with van der Waals surface area (Å²) in [5.74, 6) is -3.55. The van der Waals surface area contributed by atoms with Gasteiger partial charge in [0.15, 0.2) is 11.6 Å². The molecule has 0 aliphatic carbocycles. The third kappa shape index (κ3) is 4.52. The van der Waals surface area contributed by atoms with E-state index in [1.165, 1.54) is 51.5 Å². The highest BCUT2D eigenvalue weighted by Crippen LogP contribution is 2.19. The average molecular weight is 411 g/mol. The van der Waals surface area contributed by atoms with Gasteiger partial charge in [0.25, 0.3) is 5.91 Å². The van der Waals surface area contributed by atoms with Crippen LogP contribution in [-0.4, -0.2) is 45.7 Å². The zero-order chi connectivity index (χ0) is 21.1. The molecule has 7 nitrogen and oxygen atoms in total. The molecule has 2 N–H and O–H groups in total. The minimum atomic E-state index is -3.65. The lowest BCUT2D eigenvalue weighted by molar-refractivity contribution is -0.122. The molecule has 2 aromatic rings.